The first kappa shape index (κ1) is 17.2. The molecule has 0 radical (unpaired) electrons. The van der Waals surface area contributed by atoms with Crippen LogP contribution in [0.3, 0.4) is 0 Å². The van der Waals surface area contributed by atoms with Crippen LogP contribution in [0.5, 0.6) is 0 Å². The number of unbranched alkanes of at least 4 members (excludes halogenated alkanes) is 1. The summed E-state index contributed by atoms with van der Waals surface area (Å²) in [6.07, 6.45) is 1.89. The van der Waals surface area contributed by atoms with Gasteiger partial charge in [-0.3, -0.25) is 9.59 Å². The third-order valence-corrected chi connectivity index (χ3v) is 2.93. The molecule has 1 aromatic rings. The number of aryl methyl sites for hydroxylation is 1. The zero-order chi connectivity index (χ0) is 15.5. The highest BCUT2D eigenvalue weighted by molar-refractivity contribution is 5.94. The van der Waals surface area contributed by atoms with Crippen molar-refractivity contribution in [3.05, 3.63) is 35.4 Å². The van der Waals surface area contributed by atoms with E-state index in [1.54, 1.807) is 12.1 Å². The standard InChI is InChI=1S/C16H24N2O3/c1-3-4-11-21-15(19)12-17-9-10-18-16(20)14-7-5-13(2)6-8-14/h5-8,17H,3-4,9-12H2,1-2H3,(H,18,20). The summed E-state index contributed by atoms with van der Waals surface area (Å²) in [4.78, 5) is 23.1. The number of hydrogen-bond donors (Lipinski definition) is 2. The average molecular weight is 292 g/mol. The molecule has 1 amide bonds. The molecule has 0 aliphatic heterocycles. The molecule has 0 spiro atoms. The number of hydrogen-bond acceptors (Lipinski definition) is 4. The molecule has 116 valence electrons. The molecule has 0 aromatic heterocycles. The lowest BCUT2D eigenvalue weighted by molar-refractivity contribution is -0.142. The fourth-order valence-electron chi connectivity index (χ4n) is 1.64. The summed E-state index contributed by atoms with van der Waals surface area (Å²) in [6, 6.07) is 7.39. The smallest absolute Gasteiger partial charge is 0.319 e. The van der Waals surface area contributed by atoms with Crippen LogP contribution in [0.15, 0.2) is 24.3 Å². The van der Waals surface area contributed by atoms with Crippen molar-refractivity contribution in [3.63, 3.8) is 0 Å². The van der Waals surface area contributed by atoms with Crippen molar-refractivity contribution in [2.45, 2.75) is 26.7 Å². The summed E-state index contributed by atoms with van der Waals surface area (Å²) in [5.74, 6) is -0.365. The second-order valence-electron chi connectivity index (χ2n) is 4.87. The summed E-state index contributed by atoms with van der Waals surface area (Å²) >= 11 is 0. The molecule has 1 rings (SSSR count). The van der Waals surface area contributed by atoms with E-state index in [-0.39, 0.29) is 18.4 Å². The van der Waals surface area contributed by atoms with Crippen LogP contribution < -0.4 is 10.6 Å². The van der Waals surface area contributed by atoms with Crippen molar-refractivity contribution in [1.29, 1.82) is 0 Å². The maximum Gasteiger partial charge on any atom is 0.319 e. The molecule has 0 aliphatic rings. The van der Waals surface area contributed by atoms with E-state index in [9.17, 15) is 9.59 Å². The van der Waals surface area contributed by atoms with Gasteiger partial charge in [0.2, 0.25) is 0 Å². The van der Waals surface area contributed by atoms with Crippen LogP contribution in [-0.2, 0) is 9.53 Å². The number of benzene rings is 1. The molecular formula is C16H24N2O3. The molecule has 0 unspecified atom stereocenters. The number of nitrogens with one attached hydrogen (secondary N) is 2. The summed E-state index contributed by atoms with van der Waals surface area (Å²) in [6.45, 7) is 5.66. The molecule has 5 nitrogen and oxygen atoms in total. The van der Waals surface area contributed by atoms with E-state index in [1.165, 1.54) is 0 Å². The van der Waals surface area contributed by atoms with E-state index >= 15 is 0 Å². The SMILES string of the molecule is CCCCOC(=O)CNCCNC(=O)c1ccc(C)cc1. The average Bonchev–Trinajstić information content (AvgIpc) is 2.47. The van der Waals surface area contributed by atoms with Gasteiger partial charge in [-0.2, -0.15) is 0 Å². The Balaban J connectivity index is 2.10. The lowest BCUT2D eigenvalue weighted by Gasteiger charge is -2.07. The van der Waals surface area contributed by atoms with Gasteiger partial charge in [0.25, 0.3) is 5.91 Å². The number of ether oxygens (including phenoxy) is 1. The number of esters is 1. The van der Waals surface area contributed by atoms with E-state index < -0.39 is 0 Å². The van der Waals surface area contributed by atoms with Crippen molar-refractivity contribution in [3.8, 4) is 0 Å². The first-order chi connectivity index (χ1) is 10.1. The van der Waals surface area contributed by atoms with E-state index in [1.807, 2.05) is 26.0 Å². The van der Waals surface area contributed by atoms with Gasteiger partial charge in [-0.25, -0.2) is 0 Å². The Morgan fingerprint density at radius 3 is 2.52 bits per heavy atom. The van der Waals surface area contributed by atoms with Crippen molar-refractivity contribution < 1.29 is 14.3 Å². The highest BCUT2D eigenvalue weighted by Gasteiger charge is 2.04. The number of rotatable bonds is 9. The number of carbonyl (C=O) groups excluding carboxylic acids is 2. The molecule has 0 bridgehead atoms. The van der Waals surface area contributed by atoms with Crippen LogP contribution in [-0.4, -0.2) is 38.1 Å². The lowest BCUT2D eigenvalue weighted by Crippen LogP contribution is -2.34. The second-order valence-corrected chi connectivity index (χ2v) is 4.87. The van der Waals surface area contributed by atoms with E-state index in [2.05, 4.69) is 10.6 Å². The van der Waals surface area contributed by atoms with E-state index in [4.69, 9.17) is 4.74 Å². The molecule has 0 heterocycles. The summed E-state index contributed by atoms with van der Waals surface area (Å²) in [5.41, 5.74) is 1.76. The lowest BCUT2D eigenvalue weighted by atomic mass is 10.1. The molecule has 0 atom stereocenters. The van der Waals surface area contributed by atoms with Gasteiger partial charge in [0.05, 0.1) is 13.2 Å². The Kier molecular flexibility index (Phi) is 8.12. The number of amides is 1. The molecule has 0 saturated heterocycles. The molecular weight excluding hydrogens is 268 g/mol. The van der Waals surface area contributed by atoms with Gasteiger partial charge in [-0.1, -0.05) is 31.0 Å². The fourth-order valence-corrected chi connectivity index (χ4v) is 1.64. The van der Waals surface area contributed by atoms with Crippen LogP contribution >= 0.6 is 0 Å². The predicted molar refractivity (Wildman–Crippen MR) is 82.2 cm³/mol. The van der Waals surface area contributed by atoms with Gasteiger partial charge in [0, 0.05) is 18.7 Å². The summed E-state index contributed by atoms with van der Waals surface area (Å²) in [7, 11) is 0. The second kappa shape index (κ2) is 9.94. The van der Waals surface area contributed by atoms with Gasteiger partial charge >= 0.3 is 5.97 Å². The molecule has 21 heavy (non-hydrogen) atoms. The van der Waals surface area contributed by atoms with Crippen LogP contribution in [0.1, 0.15) is 35.7 Å². The number of carbonyl (C=O) groups is 2. The predicted octanol–water partition coefficient (Wildman–Crippen LogP) is 1.66. The monoisotopic (exact) mass is 292 g/mol. The summed E-state index contributed by atoms with van der Waals surface area (Å²) < 4.78 is 5.00. The van der Waals surface area contributed by atoms with Crippen LogP contribution in [0, 0.1) is 6.92 Å². The van der Waals surface area contributed by atoms with E-state index in [0.29, 0.717) is 25.3 Å². The molecule has 1 aromatic carbocycles. The Bertz CT molecular complexity index is 443. The van der Waals surface area contributed by atoms with Crippen molar-refractivity contribution in [1.82, 2.24) is 10.6 Å². The molecule has 0 saturated carbocycles. The van der Waals surface area contributed by atoms with Gasteiger partial charge < -0.3 is 15.4 Å². The molecule has 2 N–H and O–H groups in total. The van der Waals surface area contributed by atoms with Crippen molar-refractivity contribution in [2.75, 3.05) is 26.2 Å². The van der Waals surface area contributed by atoms with Gasteiger partial charge in [0.1, 0.15) is 0 Å². The Labute approximate surface area is 126 Å². The van der Waals surface area contributed by atoms with Crippen LogP contribution in [0.2, 0.25) is 0 Å². The molecule has 0 fully saturated rings. The highest BCUT2D eigenvalue weighted by Crippen LogP contribution is 2.02. The zero-order valence-corrected chi connectivity index (χ0v) is 12.8. The third kappa shape index (κ3) is 7.46. The maximum atomic E-state index is 11.8. The highest BCUT2D eigenvalue weighted by atomic mass is 16.5. The normalized spacial score (nSPS) is 10.2. The van der Waals surface area contributed by atoms with Gasteiger partial charge in [0.15, 0.2) is 0 Å². The topological polar surface area (TPSA) is 67.4 Å². The van der Waals surface area contributed by atoms with Crippen molar-refractivity contribution >= 4 is 11.9 Å². The van der Waals surface area contributed by atoms with E-state index in [0.717, 1.165) is 18.4 Å². The Morgan fingerprint density at radius 1 is 1.14 bits per heavy atom. The quantitative estimate of drug-likeness (QED) is 0.536. The minimum absolute atomic E-state index is 0.109. The fraction of sp³-hybridized carbons (Fsp3) is 0.500. The summed E-state index contributed by atoms with van der Waals surface area (Å²) in [5, 5.41) is 5.73. The first-order valence-electron chi connectivity index (χ1n) is 7.34. The van der Waals surface area contributed by atoms with Gasteiger partial charge in [-0.15, -0.1) is 0 Å². The molecule has 0 aliphatic carbocycles. The maximum absolute atomic E-state index is 11.8. The molecule has 5 heteroatoms. The Morgan fingerprint density at radius 2 is 1.86 bits per heavy atom. The minimum Gasteiger partial charge on any atom is -0.465 e. The van der Waals surface area contributed by atoms with Gasteiger partial charge in [-0.05, 0) is 25.5 Å². The minimum atomic E-state index is -0.256. The largest absolute Gasteiger partial charge is 0.465 e. The van der Waals surface area contributed by atoms with Crippen LogP contribution in [0.25, 0.3) is 0 Å². The Hall–Kier alpha value is -1.88. The first-order valence-corrected chi connectivity index (χ1v) is 7.34. The van der Waals surface area contributed by atoms with Crippen molar-refractivity contribution in [2.24, 2.45) is 0 Å². The van der Waals surface area contributed by atoms with Crippen LogP contribution in [0.4, 0.5) is 0 Å². The third-order valence-electron chi connectivity index (χ3n) is 2.93. The zero-order valence-electron chi connectivity index (χ0n) is 12.8.